The van der Waals surface area contributed by atoms with Crippen LogP contribution in [0.25, 0.3) is 0 Å². The highest BCUT2D eigenvalue weighted by Crippen LogP contribution is 2.42. The molecule has 1 aliphatic heterocycles. The molecule has 8 heteroatoms. The Hall–Kier alpha value is -1.21. The van der Waals surface area contributed by atoms with Crippen LogP contribution in [0.4, 0.5) is 4.79 Å². The fraction of sp³-hybridized carbons (Fsp3) is 0.333. The first-order valence-corrected chi connectivity index (χ1v) is 10.9. The van der Waals surface area contributed by atoms with Crippen molar-refractivity contribution >= 4 is 58.2 Å². The Balaban J connectivity index is 1.48. The van der Waals surface area contributed by atoms with Crippen molar-refractivity contribution in [3.05, 3.63) is 50.1 Å². The smallest absolute Gasteiger partial charge is 0.319 e. The highest BCUT2D eigenvalue weighted by Gasteiger charge is 2.54. The van der Waals surface area contributed by atoms with Crippen LogP contribution in [-0.2, 0) is 16.8 Å². The van der Waals surface area contributed by atoms with Crippen LogP contribution < -0.4 is 5.32 Å². The number of aryl methyl sites for hydroxylation is 1. The molecule has 0 radical (unpaired) electrons. The van der Waals surface area contributed by atoms with E-state index in [-0.39, 0.29) is 11.9 Å². The van der Waals surface area contributed by atoms with Gasteiger partial charge in [0.15, 0.2) is 0 Å². The lowest BCUT2D eigenvalue weighted by atomic mass is 9.80. The van der Waals surface area contributed by atoms with E-state index < -0.39 is 5.54 Å². The van der Waals surface area contributed by atoms with E-state index in [2.05, 4.69) is 5.32 Å². The van der Waals surface area contributed by atoms with Gasteiger partial charge in [0.1, 0.15) is 5.54 Å². The molecule has 1 aliphatic carbocycles. The van der Waals surface area contributed by atoms with Gasteiger partial charge in [0.25, 0.3) is 5.91 Å². The zero-order valence-corrected chi connectivity index (χ0v) is 16.9. The van der Waals surface area contributed by atoms with E-state index in [1.165, 1.54) is 21.5 Å². The summed E-state index contributed by atoms with van der Waals surface area (Å²) in [4.78, 5) is 29.0. The van der Waals surface area contributed by atoms with E-state index >= 15 is 0 Å². The molecule has 3 amide bonds. The molecule has 1 atom stereocenters. The molecule has 0 bridgehead atoms. The van der Waals surface area contributed by atoms with Crippen molar-refractivity contribution in [1.29, 1.82) is 0 Å². The molecule has 4 rings (SSSR count). The summed E-state index contributed by atoms with van der Waals surface area (Å²) in [6.07, 6.45) is 2.53. The Bertz CT molecular complexity index is 886. The number of fused-ring (bicyclic) bond motifs is 2. The van der Waals surface area contributed by atoms with Crippen LogP contribution in [0.3, 0.4) is 0 Å². The number of imide groups is 1. The van der Waals surface area contributed by atoms with E-state index in [0.29, 0.717) is 28.8 Å². The number of rotatable bonds is 4. The number of thioether (sulfide) groups is 1. The minimum absolute atomic E-state index is 0.139. The molecule has 2 aliphatic rings. The molecule has 1 N–H and O–H groups in total. The molecule has 136 valence electrons. The molecule has 0 saturated carbocycles. The Morgan fingerprint density at radius 1 is 1.27 bits per heavy atom. The van der Waals surface area contributed by atoms with Crippen molar-refractivity contribution < 1.29 is 9.59 Å². The van der Waals surface area contributed by atoms with Gasteiger partial charge in [0.2, 0.25) is 0 Å². The molecule has 1 saturated heterocycles. The minimum atomic E-state index is -0.872. The molecule has 26 heavy (non-hydrogen) atoms. The Kier molecular flexibility index (Phi) is 4.94. The molecule has 4 nitrogen and oxygen atoms in total. The highest BCUT2D eigenvalue weighted by molar-refractivity contribution is 7.99. The van der Waals surface area contributed by atoms with Crippen LogP contribution in [0.1, 0.15) is 23.3 Å². The van der Waals surface area contributed by atoms with Gasteiger partial charge < -0.3 is 5.32 Å². The summed E-state index contributed by atoms with van der Waals surface area (Å²) in [6, 6.07) is 6.93. The average molecular weight is 427 g/mol. The second-order valence-electron chi connectivity index (χ2n) is 6.33. The van der Waals surface area contributed by atoms with E-state index in [1.54, 1.807) is 29.5 Å². The van der Waals surface area contributed by atoms with Gasteiger partial charge in [-0.1, -0.05) is 23.2 Å². The summed E-state index contributed by atoms with van der Waals surface area (Å²) >= 11 is 15.3. The van der Waals surface area contributed by atoms with Gasteiger partial charge in [0.05, 0.1) is 5.02 Å². The number of halogens is 2. The number of urea groups is 1. The van der Waals surface area contributed by atoms with Crippen molar-refractivity contribution in [1.82, 2.24) is 10.2 Å². The first-order chi connectivity index (χ1) is 12.5. The number of carbonyl (C=O) groups excluding carboxylic acids is 2. The predicted molar refractivity (Wildman–Crippen MR) is 106 cm³/mol. The molecule has 2 heterocycles. The Morgan fingerprint density at radius 2 is 2.12 bits per heavy atom. The van der Waals surface area contributed by atoms with Crippen molar-refractivity contribution in [2.24, 2.45) is 0 Å². The largest absolute Gasteiger partial charge is 0.325 e. The van der Waals surface area contributed by atoms with Crippen LogP contribution >= 0.6 is 46.3 Å². The number of amides is 3. The Labute approximate surface area is 169 Å². The first-order valence-electron chi connectivity index (χ1n) is 8.30. The van der Waals surface area contributed by atoms with Crippen molar-refractivity contribution in [3.63, 3.8) is 0 Å². The topological polar surface area (TPSA) is 49.4 Å². The molecule has 1 unspecified atom stereocenters. The van der Waals surface area contributed by atoms with Crippen molar-refractivity contribution in [2.75, 3.05) is 12.3 Å². The van der Waals surface area contributed by atoms with Gasteiger partial charge in [0, 0.05) is 32.7 Å². The quantitative estimate of drug-likeness (QED) is 0.556. The van der Waals surface area contributed by atoms with Gasteiger partial charge in [-0.05, 0) is 48.9 Å². The third kappa shape index (κ3) is 3.03. The lowest BCUT2D eigenvalue weighted by Gasteiger charge is -2.31. The average Bonchev–Trinajstić information content (AvgIpc) is 3.18. The molecule has 1 fully saturated rings. The summed E-state index contributed by atoms with van der Waals surface area (Å²) in [5.41, 5.74) is 0.100. The normalized spacial score (nSPS) is 22.0. The first kappa shape index (κ1) is 18.2. The van der Waals surface area contributed by atoms with Crippen LogP contribution in [0.15, 0.2) is 34.5 Å². The standard InChI is InChI=1S/C18H16Cl2N2O2S2/c19-11-3-4-13(20)15(10-11)26-9-7-22-16(23)18(21-17(22)24)6-1-2-14-12(18)5-8-25-14/h3-5,8,10H,1-2,6-7,9H2,(H,21,24). The number of thiophene rings is 1. The third-order valence-electron chi connectivity index (χ3n) is 4.80. The van der Waals surface area contributed by atoms with Crippen molar-refractivity contribution in [3.8, 4) is 0 Å². The molecule has 1 aromatic heterocycles. The second-order valence-corrected chi connectivity index (χ2v) is 9.31. The zero-order valence-electron chi connectivity index (χ0n) is 13.8. The van der Waals surface area contributed by atoms with Gasteiger partial charge in [-0.15, -0.1) is 23.1 Å². The maximum absolute atomic E-state index is 13.1. The minimum Gasteiger partial charge on any atom is -0.319 e. The van der Waals surface area contributed by atoms with E-state index in [9.17, 15) is 9.59 Å². The monoisotopic (exact) mass is 426 g/mol. The molecular formula is C18H16Cl2N2O2S2. The zero-order chi connectivity index (χ0) is 18.3. The molecular weight excluding hydrogens is 411 g/mol. The van der Waals surface area contributed by atoms with Gasteiger partial charge >= 0.3 is 6.03 Å². The maximum Gasteiger partial charge on any atom is 0.325 e. The van der Waals surface area contributed by atoms with E-state index in [0.717, 1.165) is 23.3 Å². The van der Waals surface area contributed by atoms with Crippen molar-refractivity contribution in [2.45, 2.75) is 29.7 Å². The fourth-order valence-corrected chi connectivity index (χ4v) is 6.01. The summed E-state index contributed by atoms with van der Waals surface area (Å²) in [5, 5.41) is 6.19. The predicted octanol–water partition coefficient (Wildman–Crippen LogP) is 4.93. The van der Waals surface area contributed by atoms with Crippen LogP contribution in [-0.4, -0.2) is 29.1 Å². The highest BCUT2D eigenvalue weighted by atomic mass is 35.5. The SMILES string of the molecule is O=C1NC2(CCCc3sccc32)C(=O)N1CCSc1cc(Cl)ccc1Cl. The van der Waals surface area contributed by atoms with E-state index in [1.807, 2.05) is 11.4 Å². The maximum atomic E-state index is 13.1. The summed E-state index contributed by atoms with van der Waals surface area (Å²) in [5.74, 6) is 0.422. The number of benzene rings is 1. The van der Waals surface area contributed by atoms with Gasteiger partial charge in [-0.2, -0.15) is 0 Å². The van der Waals surface area contributed by atoms with Gasteiger partial charge in [-0.25, -0.2) is 4.79 Å². The second kappa shape index (κ2) is 7.08. The summed E-state index contributed by atoms with van der Waals surface area (Å²) < 4.78 is 0. The molecule has 2 aromatic rings. The van der Waals surface area contributed by atoms with Crippen LogP contribution in [0.5, 0.6) is 0 Å². The lowest BCUT2D eigenvalue weighted by molar-refractivity contribution is -0.132. The van der Waals surface area contributed by atoms with Crippen LogP contribution in [0, 0.1) is 0 Å². The number of nitrogens with one attached hydrogen (secondary N) is 1. The van der Waals surface area contributed by atoms with E-state index in [4.69, 9.17) is 23.2 Å². The Morgan fingerprint density at radius 3 is 2.96 bits per heavy atom. The van der Waals surface area contributed by atoms with Gasteiger partial charge in [-0.3, -0.25) is 9.69 Å². The number of nitrogens with zero attached hydrogens (tertiary/aromatic N) is 1. The molecule has 1 aromatic carbocycles. The van der Waals surface area contributed by atoms with Crippen LogP contribution in [0.2, 0.25) is 10.0 Å². The number of carbonyl (C=O) groups is 2. The number of hydrogen-bond acceptors (Lipinski definition) is 4. The number of hydrogen-bond donors (Lipinski definition) is 1. The summed E-state index contributed by atoms with van der Waals surface area (Å²) in [7, 11) is 0. The molecule has 1 spiro atoms. The lowest BCUT2D eigenvalue weighted by Crippen LogP contribution is -2.46. The fourth-order valence-electron chi connectivity index (χ4n) is 3.58. The third-order valence-corrected chi connectivity index (χ3v) is 7.50. The summed E-state index contributed by atoms with van der Waals surface area (Å²) in [6.45, 7) is 0.333.